The number of Topliss-reactive ketones (excluding diaryl/α,β-unsaturated/α-hetero) is 1. The van der Waals surface area contributed by atoms with E-state index < -0.39 is 17.5 Å². The third kappa shape index (κ3) is 4.46. The van der Waals surface area contributed by atoms with Crippen LogP contribution in [-0.4, -0.2) is 26.0 Å². The van der Waals surface area contributed by atoms with Crippen LogP contribution in [0.25, 0.3) is 11.0 Å². The number of fused-ring (bicyclic) bond motifs is 1. The number of esters is 1. The summed E-state index contributed by atoms with van der Waals surface area (Å²) >= 11 is 18.1. The second-order valence-electron chi connectivity index (χ2n) is 6.34. The lowest BCUT2D eigenvalue weighted by molar-refractivity contribution is -0.142. The molecule has 0 N–H and O–H groups in total. The van der Waals surface area contributed by atoms with E-state index in [0.717, 1.165) is 6.07 Å². The van der Waals surface area contributed by atoms with Gasteiger partial charge in [-0.05, 0) is 29.8 Å². The normalized spacial score (nSPS) is 11.9. The van der Waals surface area contributed by atoms with Gasteiger partial charge in [-0.1, -0.05) is 34.8 Å². The summed E-state index contributed by atoms with van der Waals surface area (Å²) in [5, 5.41) is 1.15. The second-order valence-corrected chi connectivity index (χ2v) is 7.56. The molecule has 1 heterocycles. The number of benzene rings is 2. The average Bonchev–Trinajstić information content (AvgIpc) is 2.72. The molecule has 0 aliphatic rings. The molecule has 1 atom stereocenters. The first kappa shape index (κ1) is 22.2. The van der Waals surface area contributed by atoms with Gasteiger partial charge in [-0.3, -0.25) is 9.59 Å². The summed E-state index contributed by atoms with van der Waals surface area (Å²) in [4.78, 5) is 37.5. The predicted molar refractivity (Wildman–Crippen MR) is 114 cm³/mol. The summed E-state index contributed by atoms with van der Waals surface area (Å²) in [7, 11) is 2.62. The molecule has 0 aliphatic carbocycles. The highest BCUT2D eigenvalue weighted by atomic mass is 35.5. The molecule has 0 spiro atoms. The van der Waals surface area contributed by atoms with Crippen molar-refractivity contribution in [1.82, 2.24) is 0 Å². The van der Waals surface area contributed by atoms with Gasteiger partial charge in [0.05, 0.1) is 35.2 Å². The van der Waals surface area contributed by atoms with Gasteiger partial charge >= 0.3 is 11.6 Å². The van der Waals surface area contributed by atoms with Crippen LogP contribution in [0.3, 0.4) is 0 Å². The van der Waals surface area contributed by atoms with Crippen LogP contribution in [-0.2, 0) is 9.53 Å². The van der Waals surface area contributed by atoms with Gasteiger partial charge in [0.1, 0.15) is 11.3 Å². The summed E-state index contributed by atoms with van der Waals surface area (Å²) in [5.41, 5.74) is -0.0104. The van der Waals surface area contributed by atoms with Crippen LogP contribution in [0.2, 0.25) is 15.1 Å². The Bertz CT molecular complexity index is 1200. The largest absolute Gasteiger partial charge is 0.495 e. The van der Waals surface area contributed by atoms with Crippen LogP contribution in [0, 0.1) is 0 Å². The molecule has 0 fully saturated rings. The molecular weight excluding hydrogens is 455 g/mol. The van der Waals surface area contributed by atoms with Gasteiger partial charge in [0, 0.05) is 29.5 Å². The van der Waals surface area contributed by atoms with Crippen LogP contribution in [0.5, 0.6) is 5.75 Å². The number of carbonyl (C=O) groups is 2. The van der Waals surface area contributed by atoms with Crippen molar-refractivity contribution in [1.29, 1.82) is 0 Å². The minimum atomic E-state index is -1.08. The number of ketones is 1. The van der Waals surface area contributed by atoms with Crippen molar-refractivity contribution in [3.05, 3.63) is 73.0 Å². The van der Waals surface area contributed by atoms with E-state index in [4.69, 9.17) is 48.7 Å². The van der Waals surface area contributed by atoms with Crippen LogP contribution in [0.1, 0.15) is 28.3 Å². The van der Waals surface area contributed by atoms with Gasteiger partial charge < -0.3 is 13.9 Å². The minimum Gasteiger partial charge on any atom is -0.495 e. The maximum absolute atomic E-state index is 12.8. The van der Waals surface area contributed by atoms with Crippen molar-refractivity contribution < 1.29 is 23.5 Å². The summed E-state index contributed by atoms with van der Waals surface area (Å²) in [6, 6.07) is 8.51. The fraction of sp³-hybridized carbons (Fsp3) is 0.190. The Labute approximate surface area is 186 Å². The highest BCUT2D eigenvalue weighted by Gasteiger charge is 2.28. The Balaban J connectivity index is 2.12. The molecule has 6 nitrogen and oxygen atoms in total. The Morgan fingerprint density at radius 3 is 2.37 bits per heavy atom. The number of methoxy groups -OCH3 is 2. The molecule has 30 heavy (non-hydrogen) atoms. The second kappa shape index (κ2) is 9.08. The van der Waals surface area contributed by atoms with E-state index in [9.17, 15) is 14.4 Å². The number of rotatable bonds is 6. The zero-order valence-electron chi connectivity index (χ0n) is 15.8. The number of ether oxygens (including phenoxy) is 2. The molecule has 1 unspecified atom stereocenters. The molecule has 0 bridgehead atoms. The highest BCUT2D eigenvalue weighted by Crippen LogP contribution is 2.35. The first-order chi connectivity index (χ1) is 14.2. The van der Waals surface area contributed by atoms with E-state index in [1.807, 2.05) is 0 Å². The van der Waals surface area contributed by atoms with Crippen LogP contribution in [0.15, 0.2) is 45.6 Å². The van der Waals surface area contributed by atoms with Gasteiger partial charge in [0.25, 0.3) is 0 Å². The number of hydrogen-bond acceptors (Lipinski definition) is 6. The standard InChI is InChI=1S/C21H15Cl3O6/c1-28-19-9-18-12(6-16(19)24)11(8-20(26)30-18)13(21(27)29-2)7-17(25)10-3-4-14(22)15(23)5-10/h3-6,8-9,13H,7H2,1-2H3. The summed E-state index contributed by atoms with van der Waals surface area (Å²) in [6.07, 6.45) is -0.271. The number of halogens is 3. The van der Waals surface area contributed by atoms with Crippen molar-refractivity contribution in [2.75, 3.05) is 14.2 Å². The predicted octanol–water partition coefficient (Wildman–Crippen LogP) is 5.29. The molecule has 2 aromatic carbocycles. The number of carbonyl (C=O) groups excluding carboxylic acids is 2. The van der Waals surface area contributed by atoms with Gasteiger partial charge in [0.2, 0.25) is 0 Å². The quantitative estimate of drug-likeness (QED) is 0.277. The molecule has 9 heteroatoms. The van der Waals surface area contributed by atoms with Gasteiger partial charge in [-0.2, -0.15) is 0 Å². The molecule has 0 aliphatic heterocycles. The van der Waals surface area contributed by atoms with Crippen molar-refractivity contribution >= 4 is 57.5 Å². The Morgan fingerprint density at radius 1 is 1.00 bits per heavy atom. The van der Waals surface area contributed by atoms with E-state index in [1.54, 1.807) is 0 Å². The lowest BCUT2D eigenvalue weighted by atomic mass is 9.89. The Hall–Kier alpha value is -2.54. The monoisotopic (exact) mass is 468 g/mol. The van der Waals surface area contributed by atoms with Gasteiger partial charge in [0.15, 0.2) is 5.78 Å². The van der Waals surface area contributed by atoms with E-state index in [-0.39, 0.29) is 39.0 Å². The van der Waals surface area contributed by atoms with Crippen LogP contribution < -0.4 is 10.4 Å². The fourth-order valence-corrected chi connectivity index (χ4v) is 3.61. The van der Waals surface area contributed by atoms with Crippen molar-refractivity contribution in [3.8, 4) is 5.75 Å². The van der Waals surface area contributed by atoms with Crippen molar-refractivity contribution in [2.45, 2.75) is 12.3 Å². The lowest BCUT2D eigenvalue weighted by Gasteiger charge is -2.17. The Morgan fingerprint density at radius 2 is 1.73 bits per heavy atom. The van der Waals surface area contributed by atoms with Crippen molar-refractivity contribution in [2.24, 2.45) is 0 Å². The maximum atomic E-state index is 12.8. The molecule has 3 rings (SSSR count). The molecule has 1 aromatic heterocycles. The fourth-order valence-electron chi connectivity index (χ4n) is 3.07. The first-order valence-corrected chi connectivity index (χ1v) is 9.76. The Kier molecular flexibility index (Phi) is 6.71. The third-order valence-corrected chi connectivity index (χ3v) is 5.58. The molecular formula is C21H15Cl3O6. The van der Waals surface area contributed by atoms with E-state index in [2.05, 4.69) is 0 Å². The van der Waals surface area contributed by atoms with E-state index in [1.165, 1.54) is 44.6 Å². The number of hydrogen-bond donors (Lipinski definition) is 0. The van der Waals surface area contributed by atoms with Crippen LogP contribution in [0.4, 0.5) is 0 Å². The first-order valence-electron chi connectivity index (χ1n) is 8.62. The smallest absolute Gasteiger partial charge is 0.336 e. The molecule has 0 saturated carbocycles. The SMILES string of the molecule is COC(=O)C(CC(=O)c1ccc(Cl)c(Cl)c1)c1cc(=O)oc2cc(OC)c(Cl)cc12. The highest BCUT2D eigenvalue weighted by molar-refractivity contribution is 6.42. The van der Waals surface area contributed by atoms with Crippen molar-refractivity contribution in [3.63, 3.8) is 0 Å². The van der Waals surface area contributed by atoms with Gasteiger partial charge in [-0.15, -0.1) is 0 Å². The topological polar surface area (TPSA) is 82.8 Å². The zero-order valence-corrected chi connectivity index (χ0v) is 18.1. The van der Waals surface area contributed by atoms with E-state index in [0.29, 0.717) is 16.2 Å². The lowest BCUT2D eigenvalue weighted by Crippen LogP contribution is -2.20. The summed E-state index contributed by atoms with van der Waals surface area (Å²) < 4.78 is 15.2. The minimum absolute atomic E-state index is 0.162. The molecule has 0 saturated heterocycles. The molecule has 0 amide bonds. The van der Waals surface area contributed by atoms with Crippen LogP contribution >= 0.6 is 34.8 Å². The third-order valence-electron chi connectivity index (χ3n) is 4.54. The van der Waals surface area contributed by atoms with E-state index >= 15 is 0 Å². The summed E-state index contributed by atoms with van der Waals surface area (Å²) in [5.74, 6) is -1.86. The maximum Gasteiger partial charge on any atom is 0.336 e. The average molecular weight is 470 g/mol. The molecule has 0 radical (unpaired) electrons. The zero-order chi connectivity index (χ0) is 22.0. The molecule has 156 valence electrons. The summed E-state index contributed by atoms with van der Waals surface area (Å²) in [6.45, 7) is 0. The van der Waals surface area contributed by atoms with Gasteiger partial charge in [-0.25, -0.2) is 4.79 Å². The molecule has 3 aromatic rings.